The van der Waals surface area contributed by atoms with E-state index in [0.717, 1.165) is 5.75 Å². The van der Waals surface area contributed by atoms with Gasteiger partial charge in [-0.25, -0.2) is 0 Å². The maximum absolute atomic E-state index is 3.94. The number of nitrogens with zero attached hydrogens (tertiary/aromatic N) is 1. The zero-order valence-corrected chi connectivity index (χ0v) is 7.40. The smallest absolute Gasteiger partial charge is 0.0278 e. The average molecular weight is 165 g/mol. The average Bonchev–Trinajstić information content (AvgIpc) is 2.03. The van der Waals surface area contributed by atoms with Crippen molar-refractivity contribution in [3.63, 3.8) is 0 Å². The van der Waals surface area contributed by atoms with Crippen molar-refractivity contribution in [3.05, 3.63) is 36.7 Å². The minimum absolute atomic E-state index is 0.990. The highest BCUT2D eigenvalue weighted by molar-refractivity contribution is 7.99. The third-order valence-electron chi connectivity index (χ3n) is 1.13. The van der Waals surface area contributed by atoms with Crippen LogP contribution < -0.4 is 0 Å². The molecule has 2 heteroatoms. The zero-order chi connectivity index (χ0) is 8.10. The summed E-state index contributed by atoms with van der Waals surface area (Å²) in [6.45, 7) is 5.87. The van der Waals surface area contributed by atoms with Crippen LogP contribution in [0.25, 0.3) is 0 Å². The van der Waals surface area contributed by atoms with Crippen molar-refractivity contribution in [2.45, 2.75) is 11.8 Å². The first kappa shape index (κ1) is 8.34. The Morgan fingerprint density at radius 2 is 2.18 bits per heavy atom. The summed E-state index contributed by atoms with van der Waals surface area (Å²) >= 11 is 1.79. The summed E-state index contributed by atoms with van der Waals surface area (Å²) in [5, 5.41) is 0. The first-order chi connectivity index (χ1) is 5.29. The van der Waals surface area contributed by atoms with Gasteiger partial charge in [0.1, 0.15) is 0 Å². The number of hydrogen-bond acceptors (Lipinski definition) is 2. The lowest BCUT2D eigenvalue weighted by Gasteiger charge is -1.98. The van der Waals surface area contributed by atoms with Crippen LogP contribution in [0.3, 0.4) is 0 Å². The monoisotopic (exact) mass is 165 g/mol. The van der Waals surface area contributed by atoms with E-state index in [0.29, 0.717) is 0 Å². The highest BCUT2D eigenvalue weighted by Crippen LogP contribution is 2.17. The van der Waals surface area contributed by atoms with E-state index in [2.05, 4.69) is 11.6 Å². The van der Waals surface area contributed by atoms with Gasteiger partial charge in [-0.1, -0.05) is 12.2 Å². The summed E-state index contributed by atoms with van der Waals surface area (Å²) in [5.41, 5.74) is 1.20. The number of hydrogen-bond donors (Lipinski definition) is 0. The quantitative estimate of drug-likeness (QED) is 0.504. The molecule has 0 bridgehead atoms. The van der Waals surface area contributed by atoms with Crippen LogP contribution in [0.5, 0.6) is 0 Å². The second-order valence-electron chi connectivity index (χ2n) is 2.43. The third kappa shape index (κ3) is 3.23. The standard InChI is InChI=1S/C9H11NS/c1-8(2)7-11-9-3-5-10-6-4-9/h3-6H,1,7H2,2H3. The fraction of sp³-hybridized carbons (Fsp3) is 0.222. The molecular weight excluding hydrogens is 154 g/mol. The molecule has 1 rings (SSSR count). The van der Waals surface area contributed by atoms with Crippen LogP contribution in [0.2, 0.25) is 0 Å². The Balaban J connectivity index is 2.45. The van der Waals surface area contributed by atoms with Crippen LogP contribution in [-0.4, -0.2) is 10.7 Å². The second kappa shape index (κ2) is 4.19. The van der Waals surface area contributed by atoms with E-state index < -0.39 is 0 Å². The van der Waals surface area contributed by atoms with E-state index in [4.69, 9.17) is 0 Å². The second-order valence-corrected chi connectivity index (χ2v) is 3.48. The van der Waals surface area contributed by atoms with Gasteiger partial charge in [-0.05, 0) is 19.1 Å². The molecule has 0 amide bonds. The molecule has 1 aromatic rings. The van der Waals surface area contributed by atoms with Gasteiger partial charge >= 0.3 is 0 Å². The van der Waals surface area contributed by atoms with Crippen LogP contribution in [0, 0.1) is 0 Å². The molecule has 0 aliphatic heterocycles. The molecule has 0 N–H and O–H groups in total. The summed E-state index contributed by atoms with van der Waals surface area (Å²) in [6, 6.07) is 4.02. The Morgan fingerprint density at radius 1 is 1.55 bits per heavy atom. The lowest BCUT2D eigenvalue weighted by atomic mass is 10.4. The highest BCUT2D eigenvalue weighted by Gasteiger charge is 1.91. The fourth-order valence-corrected chi connectivity index (χ4v) is 1.37. The molecule has 1 nitrogen and oxygen atoms in total. The van der Waals surface area contributed by atoms with E-state index >= 15 is 0 Å². The van der Waals surface area contributed by atoms with Crippen LogP contribution in [0.1, 0.15) is 6.92 Å². The van der Waals surface area contributed by atoms with Gasteiger partial charge in [0.05, 0.1) is 0 Å². The number of rotatable bonds is 3. The van der Waals surface area contributed by atoms with Gasteiger partial charge in [0.25, 0.3) is 0 Å². The molecular formula is C9H11NS. The largest absolute Gasteiger partial charge is 0.265 e. The molecule has 0 unspecified atom stereocenters. The van der Waals surface area contributed by atoms with Gasteiger partial charge in [0.2, 0.25) is 0 Å². The van der Waals surface area contributed by atoms with Crippen molar-refractivity contribution in [1.82, 2.24) is 4.98 Å². The van der Waals surface area contributed by atoms with Gasteiger partial charge < -0.3 is 0 Å². The Hall–Kier alpha value is -0.760. The first-order valence-corrected chi connectivity index (χ1v) is 4.45. The summed E-state index contributed by atoms with van der Waals surface area (Å²) < 4.78 is 0. The van der Waals surface area contributed by atoms with Gasteiger partial charge in [-0.15, -0.1) is 11.8 Å². The normalized spacial score (nSPS) is 9.55. The lowest BCUT2D eigenvalue weighted by Crippen LogP contribution is -1.79. The molecule has 0 aliphatic rings. The lowest BCUT2D eigenvalue weighted by molar-refractivity contribution is 1.26. The predicted molar refractivity (Wildman–Crippen MR) is 49.8 cm³/mol. The maximum atomic E-state index is 3.94. The summed E-state index contributed by atoms with van der Waals surface area (Å²) in [6.07, 6.45) is 3.61. The van der Waals surface area contributed by atoms with E-state index in [1.165, 1.54) is 10.5 Å². The van der Waals surface area contributed by atoms with Crippen molar-refractivity contribution in [2.24, 2.45) is 0 Å². The Labute approximate surface area is 71.5 Å². The molecule has 0 aliphatic carbocycles. The van der Waals surface area contributed by atoms with Crippen molar-refractivity contribution in [1.29, 1.82) is 0 Å². The zero-order valence-electron chi connectivity index (χ0n) is 6.58. The van der Waals surface area contributed by atoms with E-state index in [1.54, 1.807) is 24.2 Å². The number of pyridine rings is 1. The summed E-state index contributed by atoms with van der Waals surface area (Å²) in [5.74, 6) is 0.990. The Kier molecular flexibility index (Phi) is 3.17. The van der Waals surface area contributed by atoms with Crippen molar-refractivity contribution in [2.75, 3.05) is 5.75 Å². The van der Waals surface area contributed by atoms with Gasteiger partial charge in [-0.2, -0.15) is 0 Å². The number of aromatic nitrogens is 1. The Morgan fingerprint density at radius 3 is 2.73 bits per heavy atom. The topological polar surface area (TPSA) is 12.9 Å². The van der Waals surface area contributed by atoms with Crippen LogP contribution in [0.4, 0.5) is 0 Å². The van der Waals surface area contributed by atoms with Crippen molar-refractivity contribution < 1.29 is 0 Å². The molecule has 11 heavy (non-hydrogen) atoms. The Bertz CT molecular complexity index is 231. The van der Waals surface area contributed by atoms with Gasteiger partial charge in [0.15, 0.2) is 0 Å². The van der Waals surface area contributed by atoms with E-state index in [1.807, 2.05) is 19.1 Å². The third-order valence-corrected chi connectivity index (χ3v) is 2.38. The van der Waals surface area contributed by atoms with Gasteiger partial charge in [-0.3, -0.25) is 4.98 Å². The first-order valence-electron chi connectivity index (χ1n) is 3.46. The van der Waals surface area contributed by atoms with Crippen molar-refractivity contribution >= 4 is 11.8 Å². The molecule has 1 heterocycles. The van der Waals surface area contributed by atoms with Gasteiger partial charge in [0, 0.05) is 23.0 Å². The summed E-state index contributed by atoms with van der Waals surface area (Å²) in [4.78, 5) is 5.19. The molecule has 1 aromatic heterocycles. The van der Waals surface area contributed by atoms with E-state index in [9.17, 15) is 0 Å². The number of thioether (sulfide) groups is 1. The minimum atomic E-state index is 0.990. The molecule has 0 radical (unpaired) electrons. The van der Waals surface area contributed by atoms with Crippen LogP contribution in [-0.2, 0) is 0 Å². The fourth-order valence-electron chi connectivity index (χ4n) is 0.641. The maximum Gasteiger partial charge on any atom is 0.0278 e. The highest BCUT2D eigenvalue weighted by atomic mass is 32.2. The molecule has 0 saturated carbocycles. The summed E-state index contributed by atoms with van der Waals surface area (Å²) in [7, 11) is 0. The molecule has 0 fully saturated rings. The van der Waals surface area contributed by atoms with E-state index in [-0.39, 0.29) is 0 Å². The molecule has 0 aromatic carbocycles. The predicted octanol–water partition coefficient (Wildman–Crippen LogP) is 2.75. The molecule has 0 saturated heterocycles. The van der Waals surface area contributed by atoms with Crippen LogP contribution >= 0.6 is 11.8 Å². The molecule has 0 atom stereocenters. The van der Waals surface area contributed by atoms with Crippen LogP contribution in [0.15, 0.2) is 41.6 Å². The minimum Gasteiger partial charge on any atom is -0.265 e. The molecule has 58 valence electrons. The van der Waals surface area contributed by atoms with Crippen molar-refractivity contribution in [3.8, 4) is 0 Å². The molecule has 0 spiro atoms. The SMILES string of the molecule is C=C(C)CSc1ccncc1.